The fourth-order valence-electron chi connectivity index (χ4n) is 2.93. The highest BCUT2D eigenvalue weighted by Gasteiger charge is 2.21. The standard InChI is InChI=1S/C19H21N3O4/c23-19(10-15-26-18-4-2-1-3-5-18)21-13-11-20(12-14-21)16-6-8-17(9-7-16)22(24)25/h1-9H,10-15H2. The second kappa shape index (κ2) is 8.33. The molecule has 0 saturated carbocycles. The monoisotopic (exact) mass is 355 g/mol. The van der Waals surface area contributed by atoms with E-state index in [4.69, 9.17) is 4.74 Å². The summed E-state index contributed by atoms with van der Waals surface area (Å²) in [6.07, 6.45) is 0.354. The molecule has 0 N–H and O–H groups in total. The number of ether oxygens (including phenoxy) is 1. The first-order valence-corrected chi connectivity index (χ1v) is 8.58. The van der Waals surface area contributed by atoms with Crippen molar-refractivity contribution in [1.82, 2.24) is 4.90 Å². The minimum absolute atomic E-state index is 0.0842. The van der Waals surface area contributed by atoms with Crippen LogP contribution in [0.25, 0.3) is 0 Å². The zero-order chi connectivity index (χ0) is 18.4. The molecule has 1 heterocycles. The Morgan fingerprint density at radius 3 is 2.27 bits per heavy atom. The molecule has 0 bridgehead atoms. The Morgan fingerprint density at radius 2 is 1.65 bits per heavy atom. The van der Waals surface area contributed by atoms with Gasteiger partial charge < -0.3 is 14.5 Å². The highest BCUT2D eigenvalue weighted by molar-refractivity contribution is 5.76. The largest absolute Gasteiger partial charge is 0.493 e. The van der Waals surface area contributed by atoms with Crippen LogP contribution in [0.5, 0.6) is 5.75 Å². The number of amides is 1. The van der Waals surface area contributed by atoms with Gasteiger partial charge in [0.2, 0.25) is 5.91 Å². The predicted molar refractivity (Wildman–Crippen MR) is 98.4 cm³/mol. The van der Waals surface area contributed by atoms with Crippen LogP contribution in [0.15, 0.2) is 54.6 Å². The van der Waals surface area contributed by atoms with Gasteiger partial charge in [0, 0.05) is 44.0 Å². The molecule has 7 nitrogen and oxygen atoms in total. The Balaban J connectivity index is 1.44. The third-order valence-corrected chi connectivity index (χ3v) is 4.39. The van der Waals surface area contributed by atoms with Crippen LogP contribution in [-0.4, -0.2) is 48.5 Å². The van der Waals surface area contributed by atoms with Gasteiger partial charge in [-0.15, -0.1) is 0 Å². The summed E-state index contributed by atoms with van der Waals surface area (Å²) >= 11 is 0. The molecule has 136 valence electrons. The third-order valence-electron chi connectivity index (χ3n) is 4.39. The summed E-state index contributed by atoms with van der Waals surface area (Å²) in [6.45, 7) is 3.07. The summed E-state index contributed by atoms with van der Waals surface area (Å²) < 4.78 is 5.58. The van der Waals surface area contributed by atoms with E-state index in [-0.39, 0.29) is 11.6 Å². The third kappa shape index (κ3) is 4.50. The van der Waals surface area contributed by atoms with Crippen molar-refractivity contribution in [3.05, 3.63) is 64.7 Å². The highest BCUT2D eigenvalue weighted by Crippen LogP contribution is 2.20. The van der Waals surface area contributed by atoms with Gasteiger partial charge >= 0.3 is 0 Å². The number of hydrogen-bond acceptors (Lipinski definition) is 5. The summed E-state index contributed by atoms with van der Waals surface area (Å²) in [5.74, 6) is 0.854. The highest BCUT2D eigenvalue weighted by atomic mass is 16.6. The van der Waals surface area contributed by atoms with E-state index in [0.717, 1.165) is 11.4 Å². The second-order valence-electron chi connectivity index (χ2n) is 6.05. The lowest BCUT2D eigenvalue weighted by Crippen LogP contribution is -2.49. The Labute approximate surface area is 151 Å². The Kier molecular flexibility index (Phi) is 5.68. The van der Waals surface area contributed by atoms with Gasteiger partial charge in [-0.2, -0.15) is 0 Å². The maximum Gasteiger partial charge on any atom is 0.269 e. The Hall–Kier alpha value is -3.09. The first-order valence-electron chi connectivity index (χ1n) is 8.58. The molecule has 1 saturated heterocycles. The molecular formula is C19H21N3O4. The van der Waals surface area contributed by atoms with Crippen molar-refractivity contribution in [2.45, 2.75) is 6.42 Å². The van der Waals surface area contributed by atoms with Gasteiger partial charge in [-0.05, 0) is 24.3 Å². The van der Waals surface area contributed by atoms with E-state index in [1.165, 1.54) is 12.1 Å². The molecule has 7 heteroatoms. The lowest BCUT2D eigenvalue weighted by atomic mass is 10.2. The summed E-state index contributed by atoms with van der Waals surface area (Å²) in [6, 6.07) is 16.0. The number of nitro groups is 1. The van der Waals surface area contributed by atoms with Crippen LogP contribution >= 0.6 is 0 Å². The van der Waals surface area contributed by atoms with Crippen molar-refractivity contribution < 1.29 is 14.5 Å². The number of hydrogen-bond donors (Lipinski definition) is 0. The number of para-hydroxylation sites is 1. The molecule has 26 heavy (non-hydrogen) atoms. The number of non-ortho nitro benzene ring substituents is 1. The van der Waals surface area contributed by atoms with Crippen LogP contribution in [0.2, 0.25) is 0 Å². The number of benzene rings is 2. The molecule has 1 fully saturated rings. The van der Waals surface area contributed by atoms with Crippen molar-refractivity contribution in [2.75, 3.05) is 37.7 Å². The van der Waals surface area contributed by atoms with Gasteiger partial charge in [-0.1, -0.05) is 18.2 Å². The van der Waals surface area contributed by atoms with E-state index in [9.17, 15) is 14.9 Å². The van der Waals surface area contributed by atoms with Crippen LogP contribution in [0.1, 0.15) is 6.42 Å². The Bertz CT molecular complexity index is 741. The van der Waals surface area contributed by atoms with Gasteiger partial charge in [0.15, 0.2) is 0 Å². The Morgan fingerprint density at radius 1 is 1.00 bits per heavy atom. The summed E-state index contributed by atoms with van der Waals surface area (Å²) in [4.78, 5) is 26.6. The number of nitro benzene ring substituents is 1. The molecular weight excluding hydrogens is 334 g/mol. The molecule has 2 aromatic rings. The fourth-order valence-corrected chi connectivity index (χ4v) is 2.93. The van der Waals surface area contributed by atoms with Crippen molar-refractivity contribution in [3.63, 3.8) is 0 Å². The van der Waals surface area contributed by atoms with Crippen LogP contribution in [0.3, 0.4) is 0 Å². The van der Waals surface area contributed by atoms with Crippen molar-refractivity contribution in [3.8, 4) is 5.75 Å². The molecule has 0 aliphatic carbocycles. The van der Waals surface area contributed by atoms with Crippen LogP contribution in [0, 0.1) is 10.1 Å². The predicted octanol–water partition coefficient (Wildman–Crippen LogP) is 2.71. The van der Waals surface area contributed by atoms with Crippen molar-refractivity contribution in [1.29, 1.82) is 0 Å². The second-order valence-corrected chi connectivity index (χ2v) is 6.05. The molecule has 0 unspecified atom stereocenters. The molecule has 0 radical (unpaired) electrons. The summed E-state index contributed by atoms with van der Waals surface area (Å²) in [7, 11) is 0. The lowest BCUT2D eigenvalue weighted by Gasteiger charge is -2.36. The van der Waals surface area contributed by atoms with Gasteiger partial charge in [0.05, 0.1) is 18.0 Å². The zero-order valence-corrected chi connectivity index (χ0v) is 14.4. The van der Waals surface area contributed by atoms with E-state index in [1.807, 2.05) is 35.2 Å². The van der Waals surface area contributed by atoms with Gasteiger partial charge in [0.25, 0.3) is 5.69 Å². The zero-order valence-electron chi connectivity index (χ0n) is 14.4. The van der Waals surface area contributed by atoms with E-state index in [1.54, 1.807) is 12.1 Å². The van der Waals surface area contributed by atoms with Gasteiger partial charge in [-0.3, -0.25) is 14.9 Å². The molecule has 1 aliphatic heterocycles. The first kappa shape index (κ1) is 17.7. The van der Waals surface area contributed by atoms with Crippen LogP contribution in [0.4, 0.5) is 11.4 Å². The maximum absolute atomic E-state index is 12.3. The van der Waals surface area contributed by atoms with E-state index < -0.39 is 4.92 Å². The van der Waals surface area contributed by atoms with Gasteiger partial charge in [-0.25, -0.2) is 0 Å². The number of rotatable bonds is 6. The number of anilines is 1. The summed E-state index contributed by atoms with van der Waals surface area (Å²) in [5, 5.41) is 10.7. The first-order chi connectivity index (χ1) is 12.6. The minimum atomic E-state index is -0.405. The molecule has 0 aromatic heterocycles. The van der Waals surface area contributed by atoms with Crippen molar-refractivity contribution >= 4 is 17.3 Å². The molecule has 1 aliphatic rings. The SMILES string of the molecule is O=C(CCOc1ccccc1)N1CCN(c2ccc([N+](=O)[O-])cc2)CC1. The van der Waals surface area contributed by atoms with Crippen LogP contribution in [-0.2, 0) is 4.79 Å². The minimum Gasteiger partial charge on any atom is -0.493 e. The fraction of sp³-hybridized carbons (Fsp3) is 0.316. The number of carbonyl (C=O) groups excluding carboxylic acids is 1. The van der Waals surface area contributed by atoms with E-state index in [0.29, 0.717) is 39.2 Å². The summed E-state index contributed by atoms with van der Waals surface area (Å²) in [5.41, 5.74) is 1.02. The van der Waals surface area contributed by atoms with Gasteiger partial charge in [0.1, 0.15) is 5.75 Å². The topological polar surface area (TPSA) is 75.9 Å². The normalized spacial score (nSPS) is 14.2. The van der Waals surface area contributed by atoms with Crippen molar-refractivity contribution in [2.24, 2.45) is 0 Å². The number of nitrogens with zero attached hydrogens (tertiary/aromatic N) is 3. The van der Waals surface area contributed by atoms with E-state index in [2.05, 4.69) is 4.90 Å². The molecule has 0 spiro atoms. The lowest BCUT2D eigenvalue weighted by molar-refractivity contribution is -0.384. The molecule has 1 amide bonds. The quantitative estimate of drug-likeness (QED) is 0.588. The molecule has 2 aromatic carbocycles. The van der Waals surface area contributed by atoms with Crippen LogP contribution < -0.4 is 9.64 Å². The number of piperazine rings is 1. The average Bonchev–Trinajstić information content (AvgIpc) is 2.69. The smallest absolute Gasteiger partial charge is 0.269 e. The maximum atomic E-state index is 12.3. The number of carbonyl (C=O) groups is 1. The average molecular weight is 355 g/mol. The molecule has 0 atom stereocenters. The van der Waals surface area contributed by atoms with E-state index >= 15 is 0 Å². The molecule has 3 rings (SSSR count).